The molecule has 0 unspecified atom stereocenters. The molecule has 0 fully saturated rings. The lowest BCUT2D eigenvalue weighted by atomic mass is 10.0. The van der Waals surface area contributed by atoms with Gasteiger partial charge in [-0.1, -0.05) is 38.8 Å². The van der Waals surface area contributed by atoms with Gasteiger partial charge in [0.15, 0.2) is 0 Å². The van der Waals surface area contributed by atoms with Crippen LogP contribution in [0.2, 0.25) is 0 Å². The van der Waals surface area contributed by atoms with E-state index in [4.69, 9.17) is 5.11 Å². The Labute approximate surface area is 89.1 Å². The summed E-state index contributed by atoms with van der Waals surface area (Å²) in [5.74, 6) is 0.969. The first-order valence-electron chi connectivity index (χ1n) is 3.53. The second kappa shape index (κ2) is 4.40. The quantitative estimate of drug-likeness (QED) is 0.888. The molecule has 0 atom stereocenters. The molecule has 0 aliphatic carbocycles. The van der Waals surface area contributed by atoms with Gasteiger partial charge >= 0.3 is 0 Å². The Morgan fingerprint density at radius 3 is 2.17 bits per heavy atom. The molecule has 0 saturated carbocycles. The van der Waals surface area contributed by atoms with Crippen LogP contribution in [0.1, 0.15) is 12.5 Å². The molecule has 0 bridgehead atoms. The number of hydrogen-bond acceptors (Lipinski definition) is 1. The fourth-order valence-electron chi connectivity index (χ4n) is 0.892. The minimum Gasteiger partial charge on any atom is -0.395 e. The molecule has 12 heavy (non-hydrogen) atoms. The molecule has 0 saturated heterocycles. The maximum Gasteiger partial charge on any atom is 0.0534 e. The van der Waals surface area contributed by atoms with Gasteiger partial charge in [0.1, 0.15) is 0 Å². The van der Waals surface area contributed by atoms with E-state index in [0.29, 0.717) is 0 Å². The summed E-state index contributed by atoms with van der Waals surface area (Å²) in [6.45, 7) is 2.01. The number of aliphatic hydroxyl groups is 1. The summed E-state index contributed by atoms with van der Waals surface area (Å²) < 4.78 is 2.03. The Morgan fingerprint density at radius 1 is 1.25 bits per heavy atom. The number of aliphatic hydroxyl groups excluding tert-OH is 1. The molecule has 1 nitrogen and oxygen atoms in total. The molecule has 1 aromatic carbocycles. The van der Waals surface area contributed by atoms with Crippen molar-refractivity contribution in [3.05, 3.63) is 38.6 Å². The maximum atomic E-state index is 8.90. The lowest BCUT2D eigenvalue weighted by molar-refractivity contribution is 0.315. The van der Waals surface area contributed by atoms with E-state index in [0.717, 1.165) is 20.4 Å². The van der Waals surface area contributed by atoms with Crippen LogP contribution < -0.4 is 0 Å². The van der Waals surface area contributed by atoms with Crippen LogP contribution in [0.4, 0.5) is 0 Å². The molecule has 0 heterocycles. The summed E-state index contributed by atoms with van der Waals surface area (Å²) in [5, 5.41) is 8.90. The lowest BCUT2D eigenvalue weighted by Gasteiger charge is -2.08. The Kier molecular flexibility index (Phi) is 3.75. The predicted molar refractivity (Wildman–Crippen MR) is 56.9 cm³/mol. The zero-order valence-corrected chi connectivity index (χ0v) is 9.81. The molecule has 1 rings (SSSR count). The van der Waals surface area contributed by atoms with Crippen molar-refractivity contribution >= 4 is 31.9 Å². The molecule has 0 amide bonds. The zero-order chi connectivity index (χ0) is 9.14. The molecule has 0 aliphatic heterocycles. The van der Waals surface area contributed by atoms with Crippen LogP contribution in [-0.2, 0) is 0 Å². The van der Waals surface area contributed by atoms with Crippen molar-refractivity contribution in [3.8, 4) is 0 Å². The predicted octanol–water partition coefficient (Wildman–Crippen LogP) is 3.15. The van der Waals surface area contributed by atoms with Crippen LogP contribution in [-0.4, -0.2) is 11.7 Å². The van der Waals surface area contributed by atoms with Crippen LogP contribution in [0.15, 0.2) is 27.1 Å². The van der Waals surface area contributed by atoms with Crippen LogP contribution in [0.3, 0.4) is 0 Å². The highest BCUT2D eigenvalue weighted by atomic mass is 79.9. The zero-order valence-electron chi connectivity index (χ0n) is 6.64. The molecular formula is C9H9Br2O. The standard InChI is InChI=1S/C9H9Br2O/c1-6(5-12)7-2-8(10)4-9(11)3-7/h2-4,12H,5H2,1H3. The molecule has 1 radical (unpaired) electrons. The summed E-state index contributed by atoms with van der Waals surface area (Å²) in [5.41, 5.74) is 1.05. The minimum atomic E-state index is 0.100. The van der Waals surface area contributed by atoms with Crippen molar-refractivity contribution < 1.29 is 5.11 Å². The van der Waals surface area contributed by atoms with E-state index < -0.39 is 0 Å². The minimum absolute atomic E-state index is 0.100. The van der Waals surface area contributed by atoms with E-state index in [1.807, 2.05) is 25.1 Å². The van der Waals surface area contributed by atoms with Gasteiger partial charge in [0.25, 0.3) is 0 Å². The molecular weight excluding hydrogens is 284 g/mol. The van der Waals surface area contributed by atoms with Crippen LogP contribution in [0.25, 0.3) is 0 Å². The largest absolute Gasteiger partial charge is 0.395 e. The molecule has 3 heteroatoms. The number of rotatable bonds is 2. The third-order valence-corrected chi connectivity index (χ3v) is 2.51. The lowest BCUT2D eigenvalue weighted by Crippen LogP contribution is -1.99. The van der Waals surface area contributed by atoms with E-state index in [-0.39, 0.29) is 6.61 Å². The van der Waals surface area contributed by atoms with Gasteiger partial charge in [-0.2, -0.15) is 0 Å². The molecule has 0 spiro atoms. The summed E-state index contributed by atoms with van der Waals surface area (Å²) in [6, 6.07) is 5.93. The highest BCUT2D eigenvalue weighted by Gasteiger charge is 2.05. The van der Waals surface area contributed by atoms with Crippen molar-refractivity contribution in [2.75, 3.05) is 6.61 Å². The molecule has 0 aliphatic rings. The van der Waals surface area contributed by atoms with Gasteiger partial charge in [0.2, 0.25) is 0 Å². The Morgan fingerprint density at radius 2 is 1.75 bits per heavy atom. The Hall–Kier alpha value is 0.140. The van der Waals surface area contributed by atoms with Gasteiger partial charge in [-0.05, 0) is 23.8 Å². The number of benzene rings is 1. The third kappa shape index (κ3) is 2.57. The molecule has 1 aromatic rings. The SMILES string of the molecule is C[C](CO)c1cc(Br)cc(Br)c1. The molecule has 65 valence electrons. The van der Waals surface area contributed by atoms with Crippen molar-refractivity contribution in [2.45, 2.75) is 6.92 Å². The van der Waals surface area contributed by atoms with Gasteiger partial charge in [-0.25, -0.2) is 0 Å². The fraction of sp³-hybridized carbons (Fsp3) is 0.222. The summed E-state index contributed by atoms with van der Waals surface area (Å²) in [6.07, 6.45) is 0. The van der Waals surface area contributed by atoms with E-state index >= 15 is 0 Å². The average Bonchev–Trinajstić information content (AvgIpc) is 2.01. The number of hydrogen-bond donors (Lipinski definition) is 1. The highest BCUT2D eigenvalue weighted by Crippen LogP contribution is 2.24. The van der Waals surface area contributed by atoms with Gasteiger partial charge in [-0.15, -0.1) is 0 Å². The van der Waals surface area contributed by atoms with E-state index in [1.54, 1.807) is 0 Å². The highest BCUT2D eigenvalue weighted by molar-refractivity contribution is 9.11. The fourth-order valence-corrected chi connectivity index (χ4v) is 2.19. The topological polar surface area (TPSA) is 20.2 Å². The first-order chi connectivity index (χ1) is 5.63. The Balaban J connectivity index is 3.00. The summed E-state index contributed by atoms with van der Waals surface area (Å²) >= 11 is 6.77. The third-order valence-electron chi connectivity index (χ3n) is 1.59. The first kappa shape index (κ1) is 10.2. The van der Waals surface area contributed by atoms with Crippen LogP contribution >= 0.6 is 31.9 Å². The maximum absolute atomic E-state index is 8.90. The van der Waals surface area contributed by atoms with Gasteiger partial charge < -0.3 is 5.11 Å². The second-order valence-electron chi connectivity index (χ2n) is 2.60. The monoisotopic (exact) mass is 291 g/mol. The molecule has 1 N–H and O–H groups in total. The second-order valence-corrected chi connectivity index (χ2v) is 4.43. The normalized spacial score (nSPS) is 10.8. The van der Waals surface area contributed by atoms with Crippen molar-refractivity contribution in [2.24, 2.45) is 0 Å². The van der Waals surface area contributed by atoms with Crippen molar-refractivity contribution in [3.63, 3.8) is 0 Å². The summed E-state index contributed by atoms with van der Waals surface area (Å²) in [4.78, 5) is 0. The van der Waals surface area contributed by atoms with Gasteiger partial charge in [0.05, 0.1) is 6.61 Å². The van der Waals surface area contributed by atoms with Crippen LogP contribution in [0, 0.1) is 5.92 Å². The van der Waals surface area contributed by atoms with E-state index in [2.05, 4.69) is 31.9 Å². The average molecular weight is 293 g/mol. The molecule has 0 aromatic heterocycles. The smallest absolute Gasteiger partial charge is 0.0534 e. The van der Waals surface area contributed by atoms with Gasteiger partial charge in [0, 0.05) is 14.9 Å². The van der Waals surface area contributed by atoms with Gasteiger partial charge in [-0.3, -0.25) is 0 Å². The van der Waals surface area contributed by atoms with Crippen LogP contribution in [0.5, 0.6) is 0 Å². The van der Waals surface area contributed by atoms with Crippen molar-refractivity contribution in [1.29, 1.82) is 0 Å². The number of halogens is 2. The van der Waals surface area contributed by atoms with Crippen molar-refractivity contribution in [1.82, 2.24) is 0 Å². The van der Waals surface area contributed by atoms with E-state index in [9.17, 15) is 0 Å². The Bertz CT molecular complexity index is 253. The summed E-state index contributed by atoms with van der Waals surface area (Å²) in [7, 11) is 0. The van der Waals surface area contributed by atoms with E-state index in [1.165, 1.54) is 0 Å². The first-order valence-corrected chi connectivity index (χ1v) is 5.12.